The molecule has 23 heavy (non-hydrogen) atoms. The molecule has 0 heterocycles. The van der Waals surface area contributed by atoms with Gasteiger partial charge in [-0.05, 0) is 64.8 Å². The lowest BCUT2D eigenvalue weighted by Crippen LogP contribution is -2.43. The summed E-state index contributed by atoms with van der Waals surface area (Å²) >= 11 is 3.34. The molecular formula is C16H14BrFN2O3. The Morgan fingerprint density at radius 1 is 1.13 bits per heavy atom. The van der Waals surface area contributed by atoms with E-state index in [1.54, 1.807) is 6.07 Å². The van der Waals surface area contributed by atoms with E-state index in [0.717, 1.165) is 22.2 Å². The molecule has 5 nitrogen and oxygen atoms in total. The van der Waals surface area contributed by atoms with Crippen molar-refractivity contribution in [2.24, 2.45) is 0 Å². The van der Waals surface area contributed by atoms with E-state index in [1.807, 2.05) is 19.1 Å². The molecule has 0 saturated carbocycles. The lowest BCUT2D eigenvalue weighted by molar-refractivity contribution is -0.123. The van der Waals surface area contributed by atoms with Gasteiger partial charge in [0.25, 0.3) is 11.8 Å². The van der Waals surface area contributed by atoms with E-state index in [-0.39, 0.29) is 12.2 Å². The Balaban J connectivity index is 1.81. The fourth-order valence-corrected chi connectivity index (χ4v) is 2.31. The van der Waals surface area contributed by atoms with Crippen molar-refractivity contribution in [3.05, 3.63) is 63.9 Å². The van der Waals surface area contributed by atoms with Gasteiger partial charge in [0.15, 0.2) is 6.61 Å². The maximum Gasteiger partial charge on any atom is 0.276 e. The molecule has 0 unspecified atom stereocenters. The smallest absolute Gasteiger partial charge is 0.276 e. The number of ether oxygens (including phenoxy) is 1. The predicted octanol–water partition coefficient (Wildman–Crippen LogP) is 2.74. The molecule has 2 amide bonds. The number of benzene rings is 2. The molecule has 2 rings (SSSR count). The molecular weight excluding hydrogens is 367 g/mol. The van der Waals surface area contributed by atoms with Crippen molar-refractivity contribution < 1.29 is 18.7 Å². The van der Waals surface area contributed by atoms with Crippen LogP contribution in [0.1, 0.15) is 15.9 Å². The predicted molar refractivity (Wildman–Crippen MR) is 86.4 cm³/mol. The summed E-state index contributed by atoms with van der Waals surface area (Å²) < 4.78 is 18.8. The maximum absolute atomic E-state index is 12.8. The number of rotatable bonds is 4. The molecule has 0 bridgehead atoms. The summed E-state index contributed by atoms with van der Waals surface area (Å²) in [7, 11) is 0. The number of carbonyl (C=O) groups is 2. The van der Waals surface area contributed by atoms with Crippen LogP contribution >= 0.6 is 15.9 Å². The number of nitrogens with one attached hydrogen (secondary N) is 2. The number of hydrogen-bond acceptors (Lipinski definition) is 3. The summed E-state index contributed by atoms with van der Waals surface area (Å²) in [5.41, 5.74) is 5.74. The van der Waals surface area contributed by atoms with Gasteiger partial charge in [-0.25, -0.2) is 4.39 Å². The molecule has 0 aromatic heterocycles. The highest BCUT2D eigenvalue weighted by Gasteiger charge is 2.09. The molecule has 120 valence electrons. The molecule has 0 fully saturated rings. The first-order valence-corrected chi connectivity index (χ1v) is 7.48. The van der Waals surface area contributed by atoms with E-state index < -0.39 is 17.6 Å². The van der Waals surface area contributed by atoms with Crippen molar-refractivity contribution in [2.45, 2.75) is 6.92 Å². The number of carbonyl (C=O) groups excluding carboxylic acids is 2. The van der Waals surface area contributed by atoms with E-state index in [1.165, 1.54) is 12.1 Å². The molecule has 0 radical (unpaired) electrons. The van der Waals surface area contributed by atoms with E-state index in [0.29, 0.717) is 5.75 Å². The fraction of sp³-hybridized carbons (Fsp3) is 0.125. The van der Waals surface area contributed by atoms with Gasteiger partial charge in [0.05, 0.1) is 4.47 Å². The number of hydrogen-bond donors (Lipinski definition) is 2. The van der Waals surface area contributed by atoms with Crippen molar-refractivity contribution >= 4 is 27.7 Å². The summed E-state index contributed by atoms with van der Waals surface area (Å²) in [6.45, 7) is 1.68. The lowest BCUT2D eigenvalue weighted by Gasteiger charge is -2.10. The van der Waals surface area contributed by atoms with Crippen LogP contribution in [0, 0.1) is 12.7 Å². The van der Waals surface area contributed by atoms with Crippen molar-refractivity contribution in [1.82, 2.24) is 10.9 Å². The Bertz CT molecular complexity index is 720. The van der Waals surface area contributed by atoms with Gasteiger partial charge in [0.1, 0.15) is 11.6 Å². The second-order valence-corrected chi connectivity index (χ2v) is 5.59. The van der Waals surface area contributed by atoms with Crippen LogP contribution in [-0.4, -0.2) is 18.4 Å². The first kappa shape index (κ1) is 17.0. The van der Waals surface area contributed by atoms with Gasteiger partial charge >= 0.3 is 0 Å². The van der Waals surface area contributed by atoms with Crippen LogP contribution in [0.4, 0.5) is 4.39 Å². The average Bonchev–Trinajstić information content (AvgIpc) is 2.52. The van der Waals surface area contributed by atoms with Crippen molar-refractivity contribution in [3.63, 3.8) is 0 Å². The quantitative estimate of drug-likeness (QED) is 0.801. The van der Waals surface area contributed by atoms with Gasteiger partial charge in [-0.1, -0.05) is 6.07 Å². The van der Waals surface area contributed by atoms with Crippen LogP contribution < -0.4 is 15.6 Å². The highest BCUT2D eigenvalue weighted by Crippen LogP contribution is 2.25. The van der Waals surface area contributed by atoms with Crippen LogP contribution in [0.2, 0.25) is 0 Å². The zero-order valence-electron chi connectivity index (χ0n) is 12.2. The minimum absolute atomic E-state index is 0.230. The summed E-state index contributed by atoms with van der Waals surface area (Å²) in [6.07, 6.45) is 0. The summed E-state index contributed by atoms with van der Waals surface area (Å²) in [5.74, 6) is -0.985. The third-order valence-electron chi connectivity index (χ3n) is 2.87. The second kappa shape index (κ2) is 7.73. The van der Waals surface area contributed by atoms with Crippen LogP contribution in [0.15, 0.2) is 46.9 Å². The van der Waals surface area contributed by atoms with Gasteiger partial charge in [0, 0.05) is 5.56 Å². The van der Waals surface area contributed by atoms with Crippen LogP contribution in [0.3, 0.4) is 0 Å². The summed E-state index contributed by atoms with van der Waals surface area (Å²) in [4.78, 5) is 23.4. The number of hydrazine groups is 1. The third-order valence-corrected chi connectivity index (χ3v) is 3.49. The third kappa shape index (κ3) is 5.07. The molecule has 0 saturated heterocycles. The monoisotopic (exact) mass is 380 g/mol. The molecule has 0 aliphatic carbocycles. The average molecular weight is 381 g/mol. The van der Waals surface area contributed by atoms with Crippen molar-refractivity contribution in [2.75, 3.05) is 6.61 Å². The minimum atomic E-state index is -0.546. The largest absolute Gasteiger partial charge is 0.483 e. The Kier molecular flexibility index (Phi) is 5.70. The molecule has 2 aromatic rings. The van der Waals surface area contributed by atoms with Crippen LogP contribution in [0.25, 0.3) is 0 Å². The van der Waals surface area contributed by atoms with E-state index >= 15 is 0 Å². The molecule has 7 heteroatoms. The Morgan fingerprint density at radius 3 is 2.48 bits per heavy atom. The normalized spacial score (nSPS) is 10.0. The van der Waals surface area contributed by atoms with Gasteiger partial charge in [0.2, 0.25) is 0 Å². The van der Waals surface area contributed by atoms with E-state index in [4.69, 9.17) is 4.74 Å². The van der Waals surface area contributed by atoms with Crippen molar-refractivity contribution in [3.8, 4) is 5.75 Å². The molecule has 2 N–H and O–H groups in total. The topological polar surface area (TPSA) is 67.4 Å². The number of aryl methyl sites for hydroxylation is 1. The molecule has 0 atom stereocenters. The zero-order valence-corrected chi connectivity index (χ0v) is 13.8. The minimum Gasteiger partial charge on any atom is -0.483 e. The Morgan fingerprint density at radius 2 is 1.83 bits per heavy atom. The van der Waals surface area contributed by atoms with Crippen LogP contribution in [-0.2, 0) is 4.79 Å². The van der Waals surface area contributed by atoms with Gasteiger partial charge < -0.3 is 4.74 Å². The standard InChI is InChI=1S/C16H14BrFN2O3/c1-10-2-7-14(13(17)8-10)23-9-15(21)19-20-16(22)11-3-5-12(18)6-4-11/h2-8H,9H2,1H3,(H,19,21)(H,20,22). The van der Waals surface area contributed by atoms with Gasteiger partial charge in [-0.3, -0.25) is 20.4 Å². The fourth-order valence-electron chi connectivity index (χ4n) is 1.70. The lowest BCUT2D eigenvalue weighted by atomic mass is 10.2. The molecule has 0 aliphatic rings. The molecule has 2 aromatic carbocycles. The Labute approximate surface area is 140 Å². The number of halogens is 2. The first-order chi connectivity index (χ1) is 11.0. The summed E-state index contributed by atoms with van der Waals surface area (Å²) in [5, 5.41) is 0. The molecule has 0 spiro atoms. The zero-order chi connectivity index (χ0) is 16.8. The summed E-state index contributed by atoms with van der Waals surface area (Å²) in [6, 6.07) is 10.4. The van der Waals surface area contributed by atoms with Gasteiger partial charge in [-0.2, -0.15) is 0 Å². The van der Waals surface area contributed by atoms with E-state index in [9.17, 15) is 14.0 Å². The first-order valence-electron chi connectivity index (χ1n) is 6.69. The SMILES string of the molecule is Cc1ccc(OCC(=O)NNC(=O)c2ccc(F)cc2)c(Br)c1. The second-order valence-electron chi connectivity index (χ2n) is 4.73. The highest BCUT2D eigenvalue weighted by atomic mass is 79.9. The van der Waals surface area contributed by atoms with Crippen LogP contribution in [0.5, 0.6) is 5.75 Å². The van der Waals surface area contributed by atoms with E-state index in [2.05, 4.69) is 26.8 Å². The Hall–Kier alpha value is -2.41. The molecule has 0 aliphatic heterocycles. The van der Waals surface area contributed by atoms with Crippen molar-refractivity contribution in [1.29, 1.82) is 0 Å². The highest BCUT2D eigenvalue weighted by molar-refractivity contribution is 9.10. The maximum atomic E-state index is 12.8. The van der Waals surface area contributed by atoms with Gasteiger partial charge in [-0.15, -0.1) is 0 Å². The number of amides is 2.